The number of amides is 1. The second-order valence-electron chi connectivity index (χ2n) is 4.48. The van der Waals surface area contributed by atoms with Gasteiger partial charge in [0.05, 0.1) is 16.0 Å². The number of ether oxygens (including phenoxy) is 1. The number of carbonyl (C=O) groups is 1. The Morgan fingerprint density at radius 3 is 3.22 bits per heavy atom. The van der Waals surface area contributed by atoms with Crippen molar-refractivity contribution in [3.05, 3.63) is 20.8 Å². The number of thiophene rings is 1. The summed E-state index contributed by atoms with van der Waals surface area (Å²) in [5.41, 5.74) is 0.809. The van der Waals surface area contributed by atoms with Gasteiger partial charge in [0.1, 0.15) is 0 Å². The SMILES string of the molecule is O=C(c1csc(Br)c1)N1CCS[C@@H]2COCC[C@@H]21. The normalized spacial score (nSPS) is 27.9. The van der Waals surface area contributed by atoms with Gasteiger partial charge in [-0.15, -0.1) is 11.3 Å². The van der Waals surface area contributed by atoms with E-state index in [1.807, 2.05) is 23.2 Å². The Labute approximate surface area is 123 Å². The molecule has 0 radical (unpaired) electrons. The molecular weight excluding hydrogens is 334 g/mol. The average molecular weight is 348 g/mol. The second-order valence-corrected chi connectivity index (χ2v) is 8.12. The molecule has 0 saturated carbocycles. The van der Waals surface area contributed by atoms with E-state index < -0.39 is 0 Å². The van der Waals surface area contributed by atoms with E-state index in [1.165, 1.54) is 0 Å². The number of halogens is 1. The van der Waals surface area contributed by atoms with Gasteiger partial charge >= 0.3 is 0 Å². The Hall–Kier alpha value is -0.0400. The fourth-order valence-corrected chi connectivity index (χ4v) is 4.96. The predicted octanol–water partition coefficient (Wildman–Crippen LogP) is 2.86. The monoisotopic (exact) mass is 347 g/mol. The third-order valence-corrected chi connectivity index (χ3v) is 6.21. The van der Waals surface area contributed by atoms with Crippen LogP contribution in [-0.2, 0) is 4.74 Å². The molecule has 3 rings (SSSR count). The number of carbonyl (C=O) groups excluding carboxylic acids is 1. The lowest BCUT2D eigenvalue weighted by Crippen LogP contribution is -2.54. The Morgan fingerprint density at radius 1 is 1.56 bits per heavy atom. The van der Waals surface area contributed by atoms with Gasteiger partial charge in [0.2, 0.25) is 0 Å². The van der Waals surface area contributed by atoms with E-state index in [4.69, 9.17) is 4.74 Å². The number of thioether (sulfide) groups is 1. The molecule has 2 aliphatic rings. The molecule has 3 nitrogen and oxygen atoms in total. The topological polar surface area (TPSA) is 29.5 Å². The highest BCUT2D eigenvalue weighted by Gasteiger charge is 2.37. The number of hydrogen-bond acceptors (Lipinski definition) is 4. The average Bonchev–Trinajstić information content (AvgIpc) is 2.84. The van der Waals surface area contributed by atoms with Crippen molar-refractivity contribution in [3.63, 3.8) is 0 Å². The molecular formula is C12H14BrNO2S2. The van der Waals surface area contributed by atoms with Gasteiger partial charge in [-0.05, 0) is 28.4 Å². The first-order valence-electron chi connectivity index (χ1n) is 6.00. The minimum atomic E-state index is 0.175. The summed E-state index contributed by atoms with van der Waals surface area (Å²) in [5, 5.41) is 2.39. The Balaban J connectivity index is 1.79. The van der Waals surface area contributed by atoms with E-state index in [9.17, 15) is 4.79 Å². The van der Waals surface area contributed by atoms with Crippen LogP contribution >= 0.6 is 39.0 Å². The highest BCUT2D eigenvalue weighted by Crippen LogP contribution is 2.32. The van der Waals surface area contributed by atoms with Crippen molar-refractivity contribution in [3.8, 4) is 0 Å². The lowest BCUT2D eigenvalue weighted by Gasteiger charge is -2.43. The molecule has 98 valence electrons. The molecule has 0 aliphatic carbocycles. The van der Waals surface area contributed by atoms with Crippen LogP contribution in [0, 0.1) is 0 Å². The molecule has 1 amide bonds. The van der Waals surface area contributed by atoms with Gasteiger partial charge in [-0.3, -0.25) is 4.79 Å². The lowest BCUT2D eigenvalue weighted by atomic mass is 10.1. The van der Waals surface area contributed by atoms with Crippen LogP contribution in [0.1, 0.15) is 16.8 Å². The predicted molar refractivity (Wildman–Crippen MR) is 78.5 cm³/mol. The molecule has 2 aliphatic heterocycles. The fraction of sp³-hybridized carbons (Fsp3) is 0.583. The molecule has 0 aromatic carbocycles. The van der Waals surface area contributed by atoms with Crippen molar-refractivity contribution in [1.82, 2.24) is 4.90 Å². The van der Waals surface area contributed by atoms with Crippen LogP contribution in [0.25, 0.3) is 0 Å². The highest BCUT2D eigenvalue weighted by molar-refractivity contribution is 9.11. The Kier molecular flexibility index (Phi) is 3.98. The molecule has 6 heteroatoms. The van der Waals surface area contributed by atoms with Gasteiger partial charge in [-0.25, -0.2) is 0 Å². The fourth-order valence-electron chi connectivity index (χ4n) is 2.52. The minimum absolute atomic E-state index is 0.175. The van der Waals surface area contributed by atoms with Crippen molar-refractivity contribution in [1.29, 1.82) is 0 Å². The standard InChI is InChI=1S/C12H14BrNO2S2/c13-11-5-8(7-18-11)12(15)14-2-4-17-10-6-16-3-1-9(10)14/h5,7,9-10H,1-4,6H2/t9-,10+/m0/s1. The van der Waals surface area contributed by atoms with Gasteiger partial charge in [0, 0.05) is 35.6 Å². The summed E-state index contributed by atoms with van der Waals surface area (Å²) in [4.78, 5) is 14.6. The van der Waals surface area contributed by atoms with E-state index >= 15 is 0 Å². The summed E-state index contributed by atoms with van der Waals surface area (Å²) in [6.45, 7) is 2.42. The second kappa shape index (κ2) is 5.53. The summed E-state index contributed by atoms with van der Waals surface area (Å²) in [7, 11) is 0. The van der Waals surface area contributed by atoms with Crippen molar-refractivity contribution in [2.24, 2.45) is 0 Å². The summed E-state index contributed by atoms with van der Waals surface area (Å²) in [6, 6.07) is 2.27. The first-order valence-corrected chi connectivity index (χ1v) is 8.72. The zero-order chi connectivity index (χ0) is 12.5. The minimum Gasteiger partial charge on any atom is -0.380 e. The zero-order valence-electron chi connectivity index (χ0n) is 9.80. The van der Waals surface area contributed by atoms with Crippen LogP contribution < -0.4 is 0 Å². The van der Waals surface area contributed by atoms with Gasteiger partial charge in [0.15, 0.2) is 0 Å². The molecule has 0 bridgehead atoms. The van der Waals surface area contributed by atoms with Gasteiger partial charge in [0.25, 0.3) is 5.91 Å². The van der Waals surface area contributed by atoms with Crippen molar-refractivity contribution >= 4 is 44.9 Å². The third kappa shape index (κ3) is 2.48. The summed E-state index contributed by atoms with van der Waals surface area (Å²) < 4.78 is 6.53. The van der Waals surface area contributed by atoms with Gasteiger partial charge in [-0.2, -0.15) is 11.8 Å². The van der Waals surface area contributed by atoms with Crippen LogP contribution in [0.3, 0.4) is 0 Å². The highest BCUT2D eigenvalue weighted by atomic mass is 79.9. The lowest BCUT2D eigenvalue weighted by molar-refractivity contribution is 0.0319. The Bertz CT molecular complexity index is 449. The molecule has 1 aromatic rings. The van der Waals surface area contributed by atoms with Crippen LogP contribution in [0.5, 0.6) is 0 Å². The van der Waals surface area contributed by atoms with E-state index in [-0.39, 0.29) is 5.91 Å². The molecule has 2 atom stereocenters. The van der Waals surface area contributed by atoms with E-state index in [0.717, 1.165) is 41.3 Å². The molecule has 2 saturated heterocycles. The molecule has 18 heavy (non-hydrogen) atoms. The number of hydrogen-bond donors (Lipinski definition) is 0. The maximum atomic E-state index is 12.5. The van der Waals surface area contributed by atoms with Crippen LogP contribution in [0.4, 0.5) is 0 Å². The summed E-state index contributed by atoms with van der Waals surface area (Å²) >= 11 is 6.93. The smallest absolute Gasteiger partial charge is 0.255 e. The number of rotatable bonds is 1. The van der Waals surface area contributed by atoms with Crippen LogP contribution in [0.15, 0.2) is 15.2 Å². The van der Waals surface area contributed by atoms with Crippen LogP contribution in [0.2, 0.25) is 0 Å². The van der Waals surface area contributed by atoms with E-state index in [1.54, 1.807) is 11.3 Å². The largest absolute Gasteiger partial charge is 0.380 e. The number of fused-ring (bicyclic) bond motifs is 1. The quantitative estimate of drug-likeness (QED) is 0.782. The van der Waals surface area contributed by atoms with Crippen molar-refractivity contribution in [2.45, 2.75) is 17.7 Å². The number of nitrogens with zero attached hydrogens (tertiary/aromatic N) is 1. The van der Waals surface area contributed by atoms with E-state index in [2.05, 4.69) is 20.8 Å². The van der Waals surface area contributed by atoms with E-state index in [0.29, 0.717) is 11.3 Å². The molecule has 1 aromatic heterocycles. The molecule has 2 fully saturated rings. The van der Waals surface area contributed by atoms with Gasteiger partial charge < -0.3 is 9.64 Å². The molecule has 0 N–H and O–H groups in total. The zero-order valence-corrected chi connectivity index (χ0v) is 13.0. The van der Waals surface area contributed by atoms with Crippen molar-refractivity contribution in [2.75, 3.05) is 25.5 Å². The van der Waals surface area contributed by atoms with Crippen molar-refractivity contribution < 1.29 is 9.53 Å². The van der Waals surface area contributed by atoms with Gasteiger partial charge in [-0.1, -0.05) is 0 Å². The first-order chi connectivity index (χ1) is 8.75. The molecule has 3 heterocycles. The Morgan fingerprint density at radius 2 is 2.44 bits per heavy atom. The molecule has 0 spiro atoms. The molecule has 0 unspecified atom stereocenters. The van der Waals surface area contributed by atoms with Crippen LogP contribution in [-0.4, -0.2) is 47.6 Å². The maximum Gasteiger partial charge on any atom is 0.255 e. The first kappa shape index (κ1) is 13.0. The maximum absolute atomic E-state index is 12.5. The summed E-state index contributed by atoms with van der Waals surface area (Å²) in [5.74, 6) is 1.19. The summed E-state index contributed by atoms with van der Waals surface area (Å²) in [6.07, 6.45) is 0.967. The third-order valence-electron chi connectivity index (χ3n) is 3.41.